The van der Waals surface area contributed by atoms with Crippen LogP contribution in [0.4, 0.5) is 5.82 Å². The highest BCUT2D eigenvalue weighted by molar-refractivity contribution is 5.43. The summed E-state index contributed by atoms with van der Waals surface area (Å²) >= 11 is 0. The van der Waals surface area contributed by atoms with Crippen LogP contribution in [0.5, 0.6) is 0 Å². The largest absolute Gasteiger partial charge is 0.394 e. The third kappa shape index (κ3) is 4.40. The van der Waals surface area contributed by atoms with E-state index in [2.05, 4.69) is 18.7 Å². The third-order valence-electron chi connectivity index (χ3n) is 3.88. The number of aromatic nitrogens is 1. The van der Waals surface area contributed by atoms with Gasteiger partial charge in [-0.25, -0.2) is 4.98 Å². The standard InChI is InChI=1S/C16H26N2O3/c1-12(2)15-9-13(11-20)10-16(17-15)18-5-3-14(4-6-18)21-8-7-19/h9-10,12,14,19-20H,3-8,11H2,1-2H3. The molecule has 118 valence electrons. The van der Waals surface area contributed by atoms with Gasteiger partial charge in [-0.2, -0.15) is 0 Å². The molecule has 1 aromatic heterocycles. The first kappa shape index (κ1) is 16.2. The number of pyridine rings is 1. The molecule has 0 aromatic carbocycles. The number of piperidine rings is 1. The second kappa shape index (κ2) is 7.73. The summed E-state index contributed by atoms with van der Waals surface area (Å²) in [5.41, 5.74) is 1.94. The number of nitrogens with zero attached hydrogens (tertiary/aromatic N) is 2. The van der Waals surface area contributed by atoms with Crippen molar-refractivity contribution >= 4 is 5.82 Å². The van der Waals surface area contributed by atoms with Crippen LogP contribution in [0, 0.1) is 0 Å². The van der Waals surface area contributed by atoms with Gasteiger partial charge in [0.15, 0.2) is 0 Å². The Hall–Kier alpha value is -1.17. The molecule has 21 heavy (non-hydrogen) atoms. The minimum atomic E-state index is 0.0469. The number of aliphatic hydroxyl groups is 2. The predicted molar refractivity (Wildman–Crippen MR) is 82.5 cm³/mol. The molecule has 2 rings (SSSR count). The highest BCUT2D eigenvalue weighted by Crippen LogP contribution is 2.24. The van der Waals surface area contributed by atoms with E-state index in [4.69, 9.17) is 14.8 Å². The Kier molecular flexibility index (Phi) is 5.96. The van der Waals surface area contributed by atoms with Crippen molar-refractivity contribution in [1.29, 1.82) is 0 Å². The van der Waals surface area contributed by atoms with Crippen molar-refractivity contribution in [1.82, 2.24) is 4.98 Å². The van der Waals surface area contributed by atoms with Crippen molar-refractivity contribution in [3.05, 3.63) is 23.4 Å². The highest BCUT2D eigenvalue weighted by atomic mass is 16.5. The minimum absolute atomic E-state index is 0.0469. The molecular weight excluding hydrogens is 268 g/mol. The summed E-state index contributed by atoms with van der Waals surface area (Å²) in [6.45, 7) is 6.57. The maximum Gasteiger partial charge on any atom is 0.129 e. The lowest BCUT2D eigenvalue weighted by Gasteiger charge is -2.33. The predicted octanol–water partition coefficient (Wildman–Crippen LogP) is 1.68. The molecule has 1 aromatic rings. The molecule has 0 unspecified atom stereocenters. The van der Waals surface area contributed by atoms with E-state index in [1.54, 1.807) is 0 Å². The van der Waals surface area contributed by atoms with E-state index in [1.165, 1.54) is 0 Å². The molecular formula is C16H26N2O3. The number of rotatable bonds is 6. The first-order valence-electron chi connectivity index (χ1n) is 7.73. The van der Waals surface area contributed by atoms with Gasteiger partial charge in [0.25, 0.3) is 0 Å². The van der Waals surface area contributed by atoms with Crippen molar-refractivity contribution in [3.8, 4) is 0 Å². The first-order chi connectivity index (χ1) is 10.1. The van der Waals surface area contributed by atoms with Gasteiger partial charge in [0, 0.05) is 18.8 Å². The second-order valence-electron chi connectivity index (χ2n) is 5.85. The minimum Gasteiger partial charge on any atom is -0.394 e. The molecule has 1 fully saturated rings. The molecule has 1 aliphatic rings. The molecule has 0 bridgehead atoms. The first-order valence-corrected chi connectivity index (χ1v) is 7.73. The number of ether oxygens (including phenoxy) is 1. The van der Waals surface area contributed by atoms with Gasteiger partial charge in [0.2, 0.25) is 0 Å². The Morgan fingerprint density at radius 1 is 1.29 bits per heavy atom. The van der Waals surface area contributed by atoms with Gasteiger partial charge in [-0.1, -0.05) is 13.8 Å². The van der Waals surface area contributed by atoms with E-state index >= 15 is 0 Å². The van der Waals surface area contributed by atoms with Crippen LogP contribution >= 0.6 is 0 Å². The van der Waals surface area contributed by atoms with Crippen molar-refractivity contribution in [2.75, 3.05) is 31.2 Å². The Bertz CT molecular complexity index is 443. The molecule has 0 radical (unpaired) electrons. The van der Waals surface area contributed by atoms with Crippen LogP contribution in [-0.2, 0) is 11.3 Å². The summed E-state index contributed by atoms with van der Waals surface area (Å²) in [6.07, 6.45) is 2.13. The molecule has 2 N–H and O–H groups in total. The van der Waals surface area contributed by atoms with Crippen LogP contribution < -0.4 is 4.90 Å². The van der Waals surface area contributed by atoms with E-state index in [-0.39, 0.29) is 19.3 Å². The molecule has 0 atom stereocenters. The van der Waals surface area contributed by atoms with E-state index in [9.17, 15) is 5.11 Å². The smallest absolute Gasteiger partial charge is 0.129 e. The lowest BCUT2D eigenvalue weighted by Crippen LogP contribution is -2.38. The van der Waals surface area contributed by atoms with Crippen molar-refractivity contribution in [3.63, 3.8) is 0 Å². The Morgan fingerprint density at radius 2 is 2.00 bits per heavy atom. The zero-order valence-electron chi connectivity index (χ0n) is 13.0. The number of anilines is 1. The molecule has 1 saturated heterocycles. The van der Waals surface area contributed by atoms with Crippen LogP contribution in [0.3, 0.4) is 0 Å². The van der Waals surface area contributed by atoms with Gasteiger partial charge >= 0.3 is 0 Å². The van der Waals surface area contributed by atoms with Gasteiger partial charge < -0.3 is 19.8 Å². The highest BCUT2D eigenvalue weighted by Gasteiger charge is 2.21. The summed E-state index contributed by atoms with van der Waals surface area (Å²) in [5.74, 6) is 1.30. The summed E-state index contributed by atoms with van der Waals surface area (Å²) in [6, 6.07) is 3.95. The lowest BCUT2D eigenvalue weighted by molar-refractivity contribution is 0.0158. The van der Waals surface area contributed by atoms with Crippen LogP contribution in [0.25, 0.3) is 0 Å². The van der Waals surface area contributed by atoms with Gasteiger partial charge in [-0.15, -0.1) is 0 Å². The lowest BCUT2D eigenvalue weighted by atomic mass is 10.1. The average molecular weight is 294 g/mol. The maximum atomic E-state index is 9.42. The number of hydrogen-bond acceptors (Lipinski definition) is 5. The van der Waals surface area contributed by atoms with Gasteiger partial charge in [0.1, 0.15) is 5.82 Å². The van der Waals surface area contributed by atoms with E-state index in [1.807, 2.05) is 12.1 Å². The van der Waals surface area contributed by atoms with E-state index in [0.717, 1.165) is 43.0 Å². The molecule has 5 nitrogen and oxygen atoms in total. The summed E-state index contributed by atoms with van der Waals surface area (Å²) < 4.78 is 5.59. The summed E-state index contributed by atoms with van der Waals surface area (Å²) in [4.78, 5) is 6.98. The van der Waals surface area contributed by atoms with Gasteiger partial charge in [-0.3, -0.25) is 0 Å². The quantitative estimate of drug-likeness (QED) is 0.835. The van der Waals surface area contributed by atoms with Crippen molar-refractivity contribution in [2.24, 2.45) is 0 Å². The van der Waals surface area contributed by atoms with Crippen LogP contribution in [0.2, 0.25) is 0 Å². The molecule has 1 aliphatic heterocycles. The second-order valence-corrected chi connectivity index (χ2v) is 5.85. The van der Waals surface area contributed by atoms with Crippen LogP contribution in [0.1, 0.15) is 43.9 Å². The SMILES string of the molecule is CC(C)c1cc(CO)cc(N2CCC(OCCO)CC2)n1. The average Bonchev–Trinajstić information content (AvgIpc) is 2.52. The third-order valence-corrected chi connectivity index (χ3v) is 3.88. The Balaban J connectivity index is 2.04. The van der Waals surface area contributed by atoms with Crippen molar-refractivity contribution < 1.29 is 14.9 Å². The summed E-state index contributed by atoms with van der Waals surface area (Å²) in [7, 11) is 0. The Labute approximate surface area is 126 Å². The zero-order chi connectivity index (χ0) is 15.2. The normalized spacial score (nSPS) is 16.7. The zero-order valence-corrected chi connectivity index (χ0v) is 13.0. The van der Waals surface area contributed by atoms with Crippen LogP contribution in [0.15, 0.2) is 12.1 Å². The van der Waals surface area contributed by atoms with Gasteiger partial charge in [0.05, 0.1) is 25.9 Å². The fourth-order valence-corrected chi connectivity index (χ4v) is 2.61. The van der Waals surface area contributed by atoms with E-state index < -0.39 is 0 Å². The molecule has 0 spiro atoms. The fourth-order valence-electron chi connectivity index (χ4n) is 2.61. The Morgan fingerprint density at radius 3 is 2.57 bits per heavy atom. The molecule has 0 saturated carbocycles. The fraction of sp³-hybridized carbons (Fsp3) is 0.688. The van der Waals surface area contributed by atoms with E-state index in [0.29, 0.717) is 12.5 Å². The molecule has 0 aliphatic carbocycles. The number of aliphatic hydroxyl groups excluding tert-OH is 2. The number of hydrogen-bond donors (Lipinski definition) is 2. The van der Waals surface area contributed by atoms with Crippen molar-refractivity contribution in [2.45, 2.75) is 45.3 Å². The molecule has 5 heteroatoms. The monoisotopic (exact) mass is 294 g/mol. The molecule has 2 heterocycles. The maximum absolute atomic E-state index is 9.42. The topological polar surface area (TPSA) is 65.8 Å². The molecule has 0 amide bonds. The van der Waals surface area contributed by atoms with Crippen LogP contribution in [-0.4, -0.2) is 47.6 Å². The van der Waals surface area contributed by atoms with Gasteiger partial charge in [-0.05, 0) is 36.5 Å². The summed E-state index contributed by atoms with van der Waals surface area (Å²) in [5, 5.41) is 18.2.